The first-order chi connectivity index (χ1) is 14.4. The van der Waals surface area contributed by atoms with Gasteiger partial charge in [0.05, 0.1) is 5.69 Å². The fraction of sp³-hybridized carbons (Fsp3) is 0.0455. The van der Waals surface area contributed by atoms with Crippen LogP contribution in [0.15, 0.2) is 70.4 Å². The molecule has 0 amide bonds. The number of benzene rings is 2. The maximum atomic E-state index is 13.2. The number of hydrogen-bond donors (Lipinski definition) is 4. The van der Waals surface area contributed by atoms with Gasteiger partial charge in [-0.15, -0.1) is 0 Å². The molecule has 0 saturated heterocycles. The lowest BCUT2D eigenvalue weighted by atomic mass is 10.1. The van der Waals surface area contributed by atoms with E-state index in [0.717, 1.165) is 6.07 Å². The zero-order valence-corrected chi connectivity index (χ0v) is 15.5. The molecule has 0 fully saturated rings. The maximum Gasteiger partial charge on any atom is 0.253 e. The first-order valence-electron chi connectivity index (χ1n) is 9.00. The molecule has 8 heteroatoms. The SMILES string of the molecule is O=c1c(NCc2ccc(F)c(O)c2)c(Nc2ccc(O)c(-c3ccccn3)c2)c1=O. The first-order valence-corrected chi connectivity index (χ1v) is 9.00. The minimum atomic E-state index is -0.744. The molecule has 0 spiro atoms. The van der Waals surface area contributed by atoms with E-state index in [1.807, 2.05) is 0 Å². The van der Waals surface area contributed by atoms with Gasteiger partial charge in [0.2, 0.25) is 0 Å². The molecule has 30 heavy (non-hydrogen) atoms. The van der Waals surface area contributed by atoms with E-state index in [-0.39, 0.29) is 23.7 Å². The highest BCUT2D eigenvalue weighted by Crippen LogP contribution is 2.32. The van der Waals surface area contributed by atoms with Crippen LogP contribution in [0, 0.1) is 5.82 Å². The second-order valence-corrected chi connectivity index (χ2v) is 6.62. The van der Waals surface area contributed by atoms with Gasteiger partial charge in [-0.2, -0.15) is 0 Å². The molecule has 4 N–H and O–H groups in total. The van der Waals surface area contributed by atoms with E-state index in [1.165, 1.54) is 18.2 Å². The highest BCUT2D eigenvalue weighted by molar-refractivity contribution is 5.81. The lowest BCUT2D eigenvalue weighted by Gasteiger charge is -2.16. The van der Waals surface area contributed by atoms with Gasteiger partial charge in [0.1, 0.15) is 17.1 Å². The van der Waals surface area contributed by atoms with Crippen LogP contribution < -0.4 is 21.5 Å². The van der Waals surface area contributed by atoms with Crippen LogP contribution in [0.1, 0.15) is 5.56 Å². The molecule has 0 aliphatic rings. The minimum Gasteiger partial charge on any atom is -0.507 e. The fourth-order valence-corrected chi connectivity index (χ4v) is 3.02. The highest BCUT2D eigenvalue weighted by Gasteiger charge is 2.21. The van der Waals surface area contributed by atoms with Crippen molar-refractivity contribution in [3.8, 4) is 22.8 Å². The second-order valence-electron chi connectivity index (χ2n) is 6.62. The van der Waals surface area contributed by atoms with Crippen LogP contribution in [0.5, 0.6) is 11.5 Å². The molecule has 0 unspecified atom stereocenters. The summed E-state index contributed by atoms with van der Waals surface area (Å²) in [7, 11) is 0. The van der Waals surface area contributed by atoms with Gasteiger partial charge in [0.25, 0.3) is 10.9 Å². The summed E-state index contributed by atoms with van der Waals surface area (Å²) in [4.78, 5) is 28.2. The Labute approximate surface area is 169 Å². The van der Waals surface area contributed by atoms with E-state index in [0.29, 0.717) is 22.5 Å². The van der Waals surface area contributed by atoms with Crippen molar-refractivity contribution in [2.24, 2.45) is 0 Å². The van der Waals surface area contributed by atoms with E-state index >= 15 is 0 Å². The molecule has 0 bridgehead atoms. The van der Waals surface area contributed by atoms with E-state index in [4.69, 9.17) is 0 Å². The number of anilines is 3. The van der Waals surface area contributed by atoms with Crippen LogP contribution in [0.25, 0.3) is 11.3 Å². The van der Waals surface area contributed by atoms with Crippen LogP contribution in [-0.2, 0) is 6.54 Å². The molecule has 0 aliphatic heterocycles. The van der Waals surface area contributed by atoms with Crippen molar-refractivity contribution in [1.29, 1.82) is 0 Å². The Balaban J connectivity index is 1.56. The zero-order valence-electron chi connectivity index (χ0n) is 15.5. The number of aromatic nitrogens is 1. The Morgan fingerprint density at radius 1 is 0.900 bits per heavy atom. The lowest BCUT2D eigenvalue weighted by molar-refractivity contribution is 0.431. The topological polar surface area (TPSA) is 112 Å². The highest BCUT2D eigenvalue weighted by atomic mass is 19.1. The van der Waals surface area contributed by atoms with Crippen LogP contribution in [0.4, 0.5) is 21.5 Å². The Bertz CT molecular complexity index is 1300. The number of phenolic OH excluding ortho intramolecular Hbond substituents is 2. The quantitative estimate of drug-likeness (QED) is 0.288. The van der Waals surface area contributed by atoms with Gasteiger partial charge in [-0.05, 0) is 48.0 Å². The molecule has 3 aromatic carbocycles. The van der Waals surface area contributed by atoms with Crippen LogP contribution >= 0.6 is 0 Å². The normalized spacial score (nSPS) is 10.8. The van der Waals surface area contributed by atoms with E-state index < -0.39 is 22.4 Å². The Morgan fingerprint density at radius 2 is 1.70 bits per heavy atom. The van der Waals surface area contributed by atoms with Gasteiger partial charge < -0.3 is 20.8 Å². The lowest BCUT2D eigenvalue weighted by Crippen LogP contribution is -2.36. The molecule has 0 radical (unpaired) electrons. The van der Waals surface area contributed by atoms with Crippen molar-refractivity contribution in [2.45, 2.75) is 6.54 Å². The molecule has 0 aliphatic carbocycles. The third-order valence-corrected chi connectivity index (χ3v) is 4.60. The van der Waals surface area contributed by atoms with Gasteiger partial charge >= 0.3 is 0 Å². The van der Waals surface area contributed by atoms with E-state index in [2.05, 4.69) is 15.6 Å². The smallest absolute Gasteiger partial charge is 0.253 e. The molecule has 4 aromatic rings. The summed E-state index contributed by atoms with van der Waals surface area (Å²) in [6.45, 7) is 0.113. The van der Waals surface area contributed by atoms with Crippen molar-refractivity contribution >= 4 is 17.1 Å². The average molecular weight is 405 g/mol. The van der Waals surface area contributed by atoms with Gasteiger partial charge in [0, 0.05) is 24.0 Å². The number of rotatable bonds is 6. The fourth-order valence-electron chi connectivity index (χ4n) is 3.02. The van der Waals surface area contributed by atoms with Crippen LogP contribution in [0.2, 0.25) is 0 Å². The predicted molar refractivity (Wildman–Crippen MR) is 111 cm³/mol. The molecule has 1 aromatic heterocycles. The molecular formula is C22H16FN3O4. The molecule has 0 saturated carbocycles. The number of aromatic hydroxyl groups is 2. The van der Waals surface area contributed by atoms with Crippen LogP contribution in [-0.4, -0.2) is 15.2 Å². The molecule has 7 nitrogen and oxygen atoms in total. The molecule has 1 heterocycles. The summed E-state index contributed by atoms with van der Waals surface area (Å²) >= 11 is 0. The van der Waals surface area contributed by atoms with Crippen molar-refractivity contribution in [1.82, 2.24) is 4.98 Å². The third-order valence-electron chi connectivity index (χ3n) is 4.60. The monoisotopic (exact) mass is 405 g/mol. The predicted octanol–water partition coefficient (Wildman–Crippen LogP) is 3.25. The van der Waals surface area contributed by atoms with E-state index in [9.17, 15) is 24.2 Å². The van der Waals surface area contributed by atoms with Gasteiger partial charge in [-0.1, -0.05) is 12.1 Å². The van der Waals surface area contributed by atoms with Gasteiger partial charge in [0.15, 0.2) is 11.6 Å². The molecule has 4 rings (SSSR count). The van der Waals surface area contributed by atoms with E-state index in [1.54, 1.807) is 36.5 Å². The first kappa shape index (κ1) is 19.1. The van der Waals surface area contributed by atoms with Crippen LogP contribution in [0.3, 0.4) is 0 Å². The van der Waals surface area contributed by atoms with Crippen molar-refractivity contribution in [2.75, 3.05) is 10.6 Å². The van der Waals surface area contributed by atoms with Crippen molar-refractivity contribution < 1.29 is 14.6 Å². The number of phenols is 2. The van der Waals surface area contributed by atoms with Gasteiger partial charge in [-0.25, -0.2) is 4.39 Å². The molecule has 150 valence electrons. The largest absolute Gasteiger partial charge is 0.507 e. The minimum absolute atomic E-state index is 0.0266. The summed E-state index contributed by atoms with van der Waals surface area (Å²) < 4.78 is 13.2. The number of pyridine rings is 1. The number of hydrogen-bond acceptors (Lipinski definition) is 7. The third kappa shape index (κ3) is 3.58. The number of halogens is 1. The Kier molecular flexibility index (Phi) is 4.89. The molecular weight excluding hydrogens is 389 g/mol. The Hall–Kier alpha value is -4.20. The number of nitrogens with one attached hydrogen (secondary N) is 2. The summed E-state index contributed by atoms with van der Waals surface area (Å²) in [5.74, 6) is -1.21. The molecule has 0 atom stereocenters. The van der Waals surface area contributed by atoms with Crippen molar-refractivity contribution in [3.05, 3.63) is 92.6 Å². The summed E-state index contributed by atoms with van der Waals surface area (Å²) in [5.41, 5.74) is 0.881. The summed E-state index contributed by atoms with van der Waals surface area (Å²) in [6.07, 6.45) is 1.60. The standard InChI is InChI=1S/C22H16FN3O4/c23-15-6-4-12(9-18(15)28)11-25-19-20(22(30)21(19)29)26-13-5-7-17(27)14(10-13)16-3-1-2-8-24-16/h1-10,25-28H,11H2. The average Bonchev–Trinajstić information content (AvgIpc) is 2.76. The zero-order chi connectivity index (χ0) is 21.3. The second kappa shape index (κ2) is 7.67. The summed E-state index contributed by atoms with van der Waals surface area (Å²) in [5, 5.41) is 25.3. The number of nitrogens with zero attached hydrogens (tertiary/aromatic N) is 1. The van der Waals surface area contributed by atoms with Crippen molar-refractivity contribution in [3.63, 3.8) is 0 Å². The Morgan fingerprint density at radius 3 is 2.43 bits per heavy atom. The maximum absolute atomic E-state index is 13.2. The van der Waals surface area contributed by atoms with Gasteiger partial charge in [-0.3, -0.25) is 14.6 Å². The summed E-state index contributed by atoms with van der Waals surface area (Å²) in [6, 6.07) is 13.7.